The van der Waals surface area contributed by atoms with E-state index < -0.39 is 10.0 Å². The summed E-state index contributed by atoms with van der Waals surface area (Å²) in [5.41, 5.74) is 2.31. The van der Waals surface area contributed by atoms with E-state index in [-0.39, 0.29) is 4.90 Å². The number of aryl methyl sites for hydroxylation is 3. The Kier molecular flexibility index (Phi) is 4.73. The molecule has 124 valence electrons. The van der Waals surface area contributed by atoms with Crippen molar-refractivity contribution in [2.75, 3.05) is 12.3 Å². The standard InChI is InChI=1S/C15H18ClN3O2S2/c1-10-8-14(11(2)7-13(10)16)23(20,21)17-4-3-12-9-19-5-6-22-15(19)18-12/h7-9,17H,3-6H2,1-2H3. The van der Waals surface area contributed by atoms with E-state index in [1.54, 1.807) is 37.7 Å². The minimum Gasteiger partial charge on any atom is -0.325 e. The largest absolute Gasteiger partial charge is 0.325 e. The number of nitrogens with zero attached hydrogens (tertiary/aromatic N) is 2. The molecular formula is C15H18ClN3O2S2. The number of hydrogen-bond acceptors (Lipinski definition) is 4. The molecule has 1 aromatic carbocycles. The average molecular weight is 372 g/mol. The third-order valence-electron chi connectivity index (χ3n) is 3.77. The topological polar surface area (TPSA) is 64.0 Å². The zero-order chi connectivity index (χ0) is 16.6. The van der Waals surface area contributed by atoms with Crippen LogP contribution in [0.15, 0.2) is 28.4 Å². The summed E-state index contributed by atoms with van der Waals surface area (Å²) in [7, 11) is -3.54. The first-order valence-electron chi connectivity index (χ1n) is 7.32. The Hall–Kier alpha value is -1.02. The van der Waals surface area contributed by atoms with Crippen LogP contribution in [-0.4, -0.2) is 30.3 Å². The number of sulfonamides is 1. The summed E-state index contributed by atoms with van der Waals surface area (Å²) in [5, 5.41) is 1.60. The van der Waals surface area contributed by atoms with Crippen LogP contribution in [0.1, 0.15) is 16.8 Å². The van der Waals surface area contributed by atoms with Crippen molar-refractivity contribution in [3.05, 3.63) is 40.2 Å². The Balaban J connectivity index is 1.68. The summed E-state index contributed by atoms with van der Waals surface area (Å²) >= 11 is 7.76. The van der Waals surface area contributed by atoms with Crippen molar-refractivity contribution in [3.8, 4) is 0 Å². The van der Waals surface area contributed by atoms with Crippen LogP contribution < -0.4 is 4.72 Å². The van der Waals surface area contributed by atoms with Gasteiger partial charge in [0, 0.05) is 36.5 Å². The third kappa shape index (κ3) is 3.57. The number of benzene rings is 1. The quantitative estimate of drug-likeness (QED) is 0.877. The molecule has 0 saturated carbocycles. The molecule has 23 heavy (non-hydrogen) atoms. The number of imidazole rings is 1. The zero-order valence-corrected chi connectivity index (χ0v) is 15.4. The average Bonchev–Trinajstić information content (AvgIpc) is 3.03. The van der Waals surface area contributed by atoms with E-state index in [1.807, 2.05) is 6.20 Å². The van der Waals surface area contributed by atoms with Crippen molar-refractivity contribution in [1.29, 1.82) is 0 Å². The van der Waals surface area contributed by atoms with Gasteiger partial charge in [-0.15, -0.1) is 0 Å². The summed E-state index contributed by atoms with van der Waals surface area (Å²) in [5.74, 6) is 1.06. The van der Waals surface area contributed by atoms with Crippen molar-refractivity contribution in [2.24, 2.45) is 0 Å². The second-order valence-electron chi connectivity index (χ2n) is 5.57. The van der Waals surface area contributed by atoms with Crippen LogP contribution in [-0.2, 0) is 23.0 Å². The molecule has 0 spiro atoms. The predicted molar refractivity (Wildman–Crippen MR) is 92.8 cm³/mol. The molecule has 0 amide bonds. The fourth-order valence-electron chi connectivity index (χ4n) is 2.52. The summed E-state index contributed by atoms with van der Waals surface area (Å²) in [6.45, 7) is 4.84. The molecule has 1 N–H and O–H groups in total. The molecule has 0 radical (unpaired) electrons. The van der Waals surface area contributed by atoms with Crippen LogP contribution in [0.2, 0.25) is 5.02 Å². The van der Waals surface area contributed by atoms with Gasteiger partial charge < -0.3 is 4.57 Å². The smallest absolute Gasteiger partial charge is 0.240 e. The highest BCUT2D eigenvalue weighted by molar-refractivity contribution is 7.99. The maximum absolute atomic E-state index is 12.5. The maximum atomic E-state index is 12.5. The molecule has 3 rings (SSSR count). The van der Waals surface area contributed by atoms with E-state index >= 15 is 0 Å². The second-order valence-corrected chi connectivity index (χ2v) is 8.78. The van der Waals surface area contributed by atoms with Gasteiger partial charge in [-0.05, 0) is 37.1 Å². The summed E-state index contributed by atoms with van der Waals surface area (Å²) < 4.78 is 29.7. The summed E-state index contributed by atoms with van der Waals surface area (Å²) in [6.07, 6.45) is 2.58. The van der Waals surface area contributed by atoms with E-state index in [9.17, 15) is 8.42 Å². The Morgan fingerprint density at radius 2 is 2.13 bits per heavy atom. The number of thioether (sulfide) groups is 1. The minimum atomic E-state index is -3.54. The molecule has 0 unspecified atom stereocenters. The molecule has 1 aliphatic rings. The lowest BCUT2D eigenvalue weighted by molar-refractivity contribution is 0.580. The molecule has 0 fully saturated rings. The van der Waals surface area contributed by atoms with Crippen LogP contribution in [0.3, 0.4) is 0 Å². The van der Waals surface area contributed by atoms with E-state index in [4.69, 9.17) is 11.6 Å². The molecule has 2 aromatic rings. The second kappa shape index (κ2) is 6.47. The molecule has 1 aromatic heterocycles. The Labute approximate surface area is 145 Å². The molecule has 0 aliphatic carbocycles. The number of aromatic nitrogens is 2. The monoisotopic (exact) mass is 371 g/mol. The molecular weight excluding hydrogens is 354 g/mol. The molecule has 0 saturated heterocycles. The highest BCUT2D eigenvalue weighted by Gasteiger charge is 2.19. The van der Waals surface area contributed by atoms with Gasteiger partial charge in [-0.25, -0.2) is 18.1 Å². The Bertz CT molecular complexity index is 825. The number of halogens is 1. The SMILES string of the molecule is Cc1cc(S(=O)(=O)NCCc2cn3c(n2)SCC3)c(C)cc1Cl. The van der Waals surface area contributed by atoms with Gasteiger partial charge in [0.2, 0.25) is 10.0 Å². The van der Waals surface area contributed by atoms with Crippen LogP contribution in [0.4, 0.5) is 0 Å². The van der Waals surface area contributed by atoms with E-state index in [2.05, 4.69) is 14.3 Å². The van der Waals surface area contributed by atoms with Gasteiger partial charge in [-0.3, -0.25) is 0 Å². The van der Waals surface area contributed by atoms with E-state index in [0.29, 0.717) is 23.6 Å². The minimum absolute atomic E-state index is 0.280. The van der Waals surface area contributed by atoms with E-state index in [0.717, 1.165) is 28.7 Å². The number of fused-ring (bicyclic) bond motifs is 1. The number of hydrogen-bond donors (Lipinski definition) is 1. The van der Waals surface area contributed by atoms with Gasteiger partial charge in [0.05, 0.1) is 10.6 Å². The fraction of sp³-hybridized carbons (Fsp3) is 0.400. The van der Waals surface area contributed by atoms with E-state index in [1.165, 1.54) is 0 Å². The lowest BCUT2D eigenvalue weighted by Gasteiger charge is -2.11. The lowest BCUT2D eigenvalue weighted by atomic mass is 10.2. The summed E-state index contributed by atoms with van der Waals surface area (Å²) in [6, 6.07) is 3.30. The van der Waals surface area contributed by atoms with Crippen molar-refractivity contribution in [1.82, 2.24) is 14.3 Å². The molecule has 2 heterocycles. The van der Waals surface area contributed by atoms with Gasteiger partial charge in [0.1, 0.15) is 0 Å². The molecule has 5 nitrogen and oxygen atoms in total. The highest BCUT2D eigenvalue weighted by atomic mass is 35.5. The van der Waals surface area contributed by atoms with Gasteiger partial charge in [-0.1, -0.05) is 23.4 Å². The van der Waals surface area contributed by atoms with Gasteiger partial charge >= 0.3 is 0 Å². The van der Waals surface area contributed by atoms with Crippen LogP contribution in [0, 0.1) is 13.8 Å². The van der Waals surface area contributed by atoms with Gasteiger partial charge in [-0.2, -0.15) is 0 Å². The molecule has 1 aliphatic heterocycles. The zero-order valence-electron chi connectivity index (χ0n) is 13.0. The first kappa shape index (κ1) is 16.8. The van der Waals surface area contributed by atoms with Gasteiger partial charge in [0.15, 0.2) is 5.16 Å². The van der Waals surface area contributed by atoms with Crippen molar-refractivity contribution < 1.29 is 8.42 Å². The Morgan fingerprint density at radius 3 is 2.87 bits per heavy atom. The maximum Gasteiger partial charge on any atom is 0.240 e. The first-order chi connectivity index (χ1) is 10.9. The predicted octanol–water partition coefficient (Wildman–Crippen LogP) is 2.78. The highest BCUT2D eigenvalue weighted by Crippen LogP contribution is 2.25. The first-order valence-corrected chi connectivity index (χ1v) is 10.2. The van der Waals surface area contributed by atoms with Crippen molar-refractivity contribution in [2.45, 2.75) is 36.9 Å². The molecule has 0 atom stereocenters. The third-order valence-corrected chi connectivity index (χ3v) is 6.75. The molecule has 0 bridgehead atoms. The fourth-order valence-corrected chi connectivity index (χ4v) is 5.04. The van der Waals surface area contributed by atoms with Crippen LogP contribution in [0.25, 0.3) is 0 Å². The van der Waals surface area contributed by atoms with Gasteiger partial charge in [0.25, 0.3) is 0 Å². The molecule has 8 heteroatoms. The van der Waals surface area contributed by atoms with Crippen molar-refractivity contribution in [3.63, 3.8) is 0 Å². The number of nitrogens with one attached hydrogen (secondary N) is 1. The normalized spacial score (nSPS) is 14.2. The van der Waals surface area contributed by atoms with Crippen LogP contribution >= 0.6 is 23.4 Å². The van der Waals surface area contributed by atoms with Crippen LogP contribution in [0.5, 0.6) is 0 Å². The Morgan fingerprint density at radius 1 is 1.35 bits per heavy atom. The summed E-state index contributed by atoms with van der Waals surface area (Å²) in [4.78, 5) is 4.78. The number of rotatable bonds is 5. The lowest BCUT2D eigenvalue weighted by Crippen LogP contribution is -2.26. The van der Waals surface area contributed by atoms with Crippen molar-refractivity contribution >= 4 is 33.4 Å².